The first-order valence-corrected chi connectivity index (χ1v) is 11.4. The van der Waals surface area contributed by atoms with E-state index in [1.165, 1.54) is 35.1 Å². The third-order valence-electron chi connectivity index (χ3n) is 5.72. The topological polar surface area (TPSA) is 34.1 Å². The predicted molar refractivity (Wildman–Crippen MR) is 109 cm³/mol. The molecular formula is C23H30O2S. The molecule has 26 heavy (non-hydrogen) atoms. The minimum absolute atomic E-state index is 0.132. The van der Waals surface area contributed by atoms with Crippen molar-refractivity contribution in [2.75, 3.05) is 0 Å². The Balaban J connectivity index is 1.65. The molecule has 0 bridgehead atoms. The van der Waals surface area contributed by atoms with Gasteiger partial charge in [0.2, 0.25) is 0 Å². The molecule has 140 valence electrons. The lowest BCUT2D eigenvalue weighted by Gasteiger charge is -2.12. The van der Waals surface area contributed by atoms with Gasteiger partial charge in [-0.25, -0.2) is 8.42 Å². The van der Waals surface area contributed by atoms with Gasteiger partial charge in [-0.1, -0.05) is 43.3 Å². The molecule has 1 aliphatic carbocycles. The maximum atomic E-state index is 12.0. The Morgan fingerprint density at radius 2 is 1.62 bits per heavy atom. The number of hydrogen-bond acceptors (Lipinski definition) is 2. The van der Waals surface area contributed by atoms with Gasteiger partial charge in [0.05, 0.1) is 11.0 Å². The Morgan fingerprint density at radius 3 is 2.27 bits per heavy atom. The minimum Gasteiger partial charge on any atom is -0.228 e. The number of benzene rings is 2. The maximum Gasteiger partial charge on any atom is 0.156 e. The molecule has 1 aliphatic rings. The van der Waals surface area contributed by atoms with Gasteiger partial charge in [0.15, 0.2) is 9.84 Å². The molecule has 1 unspecified atom stereocenters. The number of rotatable bonds is 6. The van der Waals surface area contributed by atoms with E-state index in [1.807, 2.05) is 12.1 Å². The standard InChI is InChI=1S/C23H30O2S/c1-16(2)26(24,25)15-20-7-5-19(6-8-20)9-10-21-11-12-22-13-17(3)14-23(22)18(21)4/h5-8,11-12,16-17H,9-10,13-15H2,1-4H3. The Kier molecular flexibility index (Phi) is 5.57. The lowest BCUT2D eigenvalue weighted by atomic mass is 9.94. The molecule has 2 aromatic carbocycles. The summed E-state index contributed by atoms with van der Waals surface area (Å²) >= 11 is 0. The van der Waals surface area contributed by atoms with Crippen molar-refractivity contribution < 1.29 is 8.42 Å². The molecule has 2 nitrogen and oxygen atoms in total. The number of hydrogen-bond donors (Lipinski definition) is 0. The summed E-state index contributed by atoms with van der Waals surface area (Å²) in [6.07, 6.45) is 4.47. The van der Waals surface area contributed by atoms with Crippen LogP contribution in [-0.4, -0.2) is 13.7 Å². The Labute approximate surface area is 158 Å². The van der Waals surface area contributed by atoms with Gasteiger partial charge in [0.1, 0.15) is 0 Å². The van der Waals surface area contributed by atoms with Crippen molar-refractivity contribution in [2.45, 2.75) is 64.4 Å². The van der Waals surface area contributed by atoms with Crippen LogP contribution in [0.25, 0.3) is 0 Å². The first-order valence-electron chi connectivity index (χ1n) is 9.66. The summed E-state index contributed by atoms with van der Waals surface area (Å²) in [6, 6.07) is 12.7. The second-order valence-corrected chi connectivity index (χ2v) is 10.7. The van der Waals surface area contributed by atoms with Crippen LogP contribution >= 0.6 is 0 Å². The van der Waals surface area contributed by atoms with Crippen LogP contribution in [0, 0.1) is 12.8 Å². The highest BCUT2D eigenvalue weighted by Gasteiger charge is 2.20. The zero-order chi connectivity index (χ0) is 18.9. The van der Waals surface area contributed by atoms with Crippen LogP contribution in [0.4, 0.5) is 0 Å². The zero-order valence-corrected chi connectivity index (χ0v) is 17.2. The minimum atomic E-state index is -3.04. The third kappa shape index (κ3) is 4.20. The van der Waals surface area contributed by atoms with Gasteiger partial charge in [-0.15, -0.1) is 0 Å². The lowest BCUT2D eigenvalue weighted by molar-refractivity contribution is 0.586. The first kappa shape index (κ1) is 19.2. The van der Waals surface area contributed by atoms with Crippen LogP contribution in [0.2, 0.25) is 0 Å². The van der Waals surface area contributed by atoms with E-state index in [0.29, 0.717) is 0 Å². The average molecular weight is 371 g/mol. The SMILES string of the molecule is Cc1c(CCc2ccc(CS(=O)(=O)C(C)C)cc2)ccc2c1CC(C)C2. The molecule has 1 atom stereocenters. The summed E-state index contributed by atoms with van der Waals surface area (Å²) in [4.78, 5) is 0. The number of aryl methyl sites for hydroxylation is 2. The monoisotopic (exact) mass is 370 g/mol. The van der Waals surface area contributed by atoms with Gasteiger partial charge >= 0.3 is 0 Å². The van der Waals surface area contributed by atoms with Gasteiger partial charge in [-0.2, -0.15) is 0 Å². The van der Waals surface area contributed by atoms with Crippen molar-refractivity contribution in [1.82, 2.24) is 0 Å². The van der Waals surface area contributed by atoms with Crippen molar-refractivity contribution in [3.05, 3.63) is 69.8 Å². The molecule has 0 aliphatic heterocycles. The van der Waals surface area contributed by atoms with E-state index in [4.69, 9.17) is 0 Å². The molecule has 0 saturated heterocycles. The Hall–Kier alpha value is -1.61. The molecular weight excluding hydrogens is 340 g/mol. The number of sulfone groups is 1. The smallest absolute Gasteiger partial charge is 0.156 e. The summed E-state index contributed by atoms with van der Waals surface area (Å²) in [7, 11) is -3.04. The molecule has 0 fully saturated rings. The van der Waals surface area contributed by atoms with E-state index in [2.05, 4.69) is 38.1 Å². The Bertz CT molecular complexity index is 877. The van der Waals surface area contributed by atoms with Crippen LogP contribution in [-0.2, 0) is 41.3 Å². The number of fused-ring (bicyclic) bond motifs is 1. The fourth-order valence-corrected chi connectivity index (χ4v) is 4.87. The van der Waals surface area contributed by atoms with Gasteiger partial charge in [0.25, 0.3) is 0 Å². The van der Waals surface area contributed by atoms with Gasteiger partial charge in [0, 0.05) is 0 Å². The van der Waals surface area contributed by atoms with Crippen LogP contribution in [0.3, 0.4) is 0 Å². The second-order valence-electron chi connectivity index (χ2n) is 8.17. The van der Waals surface area contributed by atoms with Crippen LogP contribution in [0.1, 0.15) is 54.2 Å². The molecule has 3 rings (SSSR count). The van der Waals surface area contributed by atoms with Gasteiger partial charge in [-0.05, 0) is 85.8 Å². The Morgan fingerprint density at radius 1 is 0.962 bits per heavy atom. The summed E-state index contributed by atoms with van der Waals surface area (Å²) in [5, 5.41) is -0.326. The van der Waals surface area contributed by atoms with E-state index < -0.39 is 9.84 Å². The molecule has 3 heteroatoms. The molecule has 0 N–H and O–H groups in total. The average Bonchev–Trinajstić information content (AvgIpc) is 2.96. The molecule has 0 amide bonds. The summed E-state index contributed by atoms with van der Waals surface area (Å²) in [5.41, 5.74) is 8.18. The predicted octanol–water partition coefficient (Wildman–Crippen LogP) is 4.84. The molecule has 0 saturated carbocycles. The molecule has 0 heterocycles. The molecule has 0 radical (unpaired) electrons. The van der Waals surface area contributed by atoms with Crippen molar-refractivity contribution in [3.8, 4) is 0 Å². The van der Waals surface area contributed by atoms with E-state index >= 15 is 0 Å². The van der Waals surface area contributed by atoms with E-state index in [-0.39, 0.29) is 11.0 Å². The van der Waals surface area contributed by atoms with Crippen molar-refractivity contribution >= 4 is 9.84 Å². The first-order chi connectivity index (χ1) is 12.3. The fraction of sp³-hybridized carbons (Fsp3) is 0.478. The van der Waals surface area contributed by atoms with Gasteiger partial charge in [-0.3, -0.25) is 0 Å². The highest BCUT2D eigenvalue weighted by Crippen LogP contribution is 2.31. The molecule has 2 aromatic rings. The van der Waals surface area contributed by atoms with Crippen molar-refractivity contribution in [2.24, 2.45) is 5.92 Å². The zero-order valence-electron chi connectivity index (χ0n) is 16.4. The van der Waals surface area contributed by atoms with Crippen molar-refractivity contribution in [1.29, 1.82) is 0 Å². The third-order valence-corrected chi connectivity index (χ3v) is 7.89. The highest BCUT2D eigenvalue weighted by molar-refractivity contribution is 7.91. The largest absolute Gasteiger partial charge is 0.228 e. The van der Waals surface area contributed by atoms with E-state index in [1.54, 1.807) is 19.4 Å². The maximum absolute atomic E-state index is 12.0. The summed E-state index contributed by atoms with van der Waals surface area (Å²) < 4.78 is 24.1. The van der Waals surface area contributed by atoms with Crippen molar-refractivity contribution in [3.63, 3.8) is 0 Å². The second kappa shape index (κ2) is 7.56. The van der Waals surface area contributed by atoms with E-state index in [0.717, 1.165) is 24.3 Å². The summed E-state index contributed by atoms with van der Waals surface area (Å²) in [6.45, 7) is 8.08. The summed E-state index contributed by atoms with van der Waals surface area (Å²) in [5.74, 6) is 0.904. The van der Waals surface area contributed by atoms with Crippen LogP contribution in [0.15, 0.2) is 36.4 Å². The quantitative estimate of drug-likeness (QED) is 0.729. The molecule has 0 aromatic heterocycles. The fourth-order valence-electron chi connectivity index (χ4n) is 3.88. The lowest BCUT2D eigenvalue weighted by Crippen LogP contribution is -2.15. The van der Waals surface area contributed by atoms with E-state index in [9.17, 15) is 8.42 Å². The highest BCUT2D eigenvalue weighted by atomic mass is 32.2. The van der Waals surface area contributed by atoms with Crippen LogP contribution in [0.5, 0.6) is 0 Å². The van der Waals surface area contributed by atoms with Gasteiger partial charge < -0.3 is 0 Å². The normalized spacial score (nSPS) is 16.9. The molecule has 0 spiro atoms. The van der Waals surface area contributed by atoms with Crippen LogP contribution < -0.4 is 0 Å².